The summed E-state index contributed by atoms with van der Waals surface area (Å²) in [4.78, 5) is 15.4. The molecule has 204 valence electrons. The van der Waals surface area contributed by atoms with E-state index in [-0.39, 0.29) is 42.8 Å². The summed E-state index contributed by atoms with van der Waals surface area (Å²) in [6.45, 7) is 8.40. The highest BCUT2D eigenvalue weighted by Gasteiger charge is 2.33. The second-order valence-corrected chi connectivity index (χ2v) is 12.5. The number of hydrogen-bond acceptors (Lipinski definition) is 7. The van der Waals surface area contributed by atoms with Gasteiger partial charge in [0, 0.05) is 38.7 Å². The number of rotatable bonds is 8. The van der Waals surface area contributed by atoms with Gasteiger partial charge in [-0.2, -0.15) is 14.1 Å². The van der Waals surface area contributed by atoms with Crippen LogP contribution in [0.3, 0.4) is 0 Å². The summed E-state index contributed by atoms with van der Waals surface area (Å²) < 4.78 is 67.5. The fraction of sp³-hybridized carbons (Fsp3) is 0.600. The number of nitrogens with zero attached hydrogens (tertiary/aromatic N) is 4. The van der Waals surface area contributed by atoms with Gasteiger partial charge in [-0.15, -0.1) is 0 Å². The minimum absolute atomic E-state index is 0.0135. The van der Waals surface area contributed by atoms with E-state index in [2.05, 4.69) is 5.10 Å². The zero-order chi connectivity index (χ0) is 26.9. The third-order valence-electron chi connectivity index (χ3n) is 6.63. The first-order chi connectivity index (χ1) is 17.5. The maximum absolute atomic E-state index is 13.9. The van der Waals surface area contributed by atoms with Crippen LogP contribution in [0.1, 0.15) is 47.0 Å². The van der Waals surface area contributed by atoms with Gasteiger partial charge in [0.2, 0.25) is 15.8 Å². The molecule has 4 rings (SSSR count). The quantitative estimate of drug-likeness (QED) is 0.508. The summed E-state index contributed by atoms with van der Waals surface area (Å²) in [5.74, 6) is -1.64. The van der Waals surface area contributed by atoms with Crippen LogP contribution in [0.15, 0.2) is 29.2 Å². The second-order valence-electron chi connectivity index (χ2n) is 10.0. The minimum Gasteiger partial charge on any atom is -0.483 e. The molecule has 0 amide bonds. The lowest BCUT2D eigenvalue weighted by Crippen LogP contribution is -2.50. The molecule has 0 spiro atoms. The molecule has 1 aliphatic carbocycles. The molecule has 2 aromatic rings. The maximum Gasteiger partial charge on any atom is 0.316 e. The number of anilines is 1. The van der Waals surface area contributed by atoms with Gasteiger partial charge in [0.15, 0.2) is 0 Å². The van der Waals surface area contributed by atoms with Crippen molar-refractivity contribution < 1.29 is 26.7 Å². The number of ether oxygens (including phenoxy) is 2. The van der Waals surface area contributed by atoms with Crippen LogP contribution >= 0.6 is 0 Å². The molecule has 2 atom stereocenters. The van der Waals surface area contributed by atoms with E-state index < -0.39 is 32.5 Å². The molecule has 0 bridgehead atoms. The molecule has 1 aliphatic heterocycles. The second kappa shape index (κ2) is 11.0. The summed E-state index contributed by atoms with van der Waals surface area (Å²) in [5.41, 5.74) is -0.278. The number of piperazine rings is 1. The summed E-state index contributed by atoms with van der Waals surface area (Å²) >= 11 is 0. The molecule has 12 heteroatoms. The van der Waals surface area contributed by atoms with Crippen LogP contribution in [-0.2, 0) is 14.8 Å². The van der Waals surface area contributed by atoms with Crippen molar-refractivity contribution in [3.63, 3.8) is 0 Å². The molecule has 2 unspecified atom stereocenters. The van der Waals surface area contributed by atoms with Gasteiger partial charge in [0.05, 0.1) is 29.3 Å². The van der Waals surface area contributed by atoms with E-state index >= 15 is 0 Å². The molecule has 2 aliphatic rings. The fourth-order valence-corrected chi connectivity index (χ4v) is 6.04. The number of benzene rings is 1. The fourth-order valence-electron chi connectivity index (χ4n) is 4.78. The first kappa shape index (κ1) is 27.5. The Morgan fingerprint density at radius 2 is 1.59 bits per heavy atom. The third kappa shape index (κ3) is 6.12. The van der Waals surface area contributed by atoms with Crippen LogP contribution < -0.4 is 15.2 Å². The number of halogens is 2. The minimum atomic E-state index is -3.40. The lowest BCUT2D eigenvalue weighted by atomic mass is 10.2. The Labute approximate surface area is 216 Å². The lowest BCUT2D eigenvalue weighted by Gasteiger charge is -2.36. The number of aromatic nitrogens is 2. The van der Waals surface area contributed by atoms with E-state index in [1.807, 2.05) is 18.7 Å². The number of hydrogen-bond donors (Lipinski definition) is 0. The topological polar surface area (TPSA) is 94.0 Å². The van der Waals surface area contributed by atoms with Crippen molar-refractivity contribution in [2.75, 3.05) is 31.1 Å². The van der Waals surface area contributed by atoms with Gasteiger partial charge in [-0.1, -0.05) is 0 Å². The van der Waals surface area contributed by atoms with E-state index in [0.717, 1.165) is 29.3 Å². The van der Waals surface area contributed by atoms with E-state index in [0.29, 0.717) is 31.6 Å². The van der Waals surface area contributed by atoms with Crippen LogP contribution in [0.4, 0.5) is 14.5 Å². The van der Waals surface area contributed by atoms with Gasteiger partial charge in [-0.25, -0.2) is 17.2 Å². The molecule has 0 radical (unpaired) electrons. The molecule has 1 aromatic heterocycles. The molecular formula is C25H34F2N4O5S. The van der Waals surface area contributed by atoms with Crippen molar-refractivity contribution in [1.82, 2.24) is 14.1 Å². The van der Waals surface area contributed by atoms with Gasteiger partial charge in [-0.3, -0.25) is 4.79 Å². The Morgan fingerprint density at radius 1 is 0.973 bits per heavy atom. The summed E-state index contributed by atoms with van der Waals surface area (Å²) in [6, 6.07) is 2.77. The SMILES string of the molecule is CC(C)OC1CCC(Oc2c(N3CCN(S(=O)(=O)C(C)C)CC3)cnn(-c3cc(F)cc(F)c3)c2=O)C1. The van der Waals surface area contributed by atoms with Gasteiger partial charge >= 0.3 is 5.56 Å². The summed E-state index contributed by atoms with van der Waals surface area (Å²) in [7, 11) is -3.40. The van der Waals surface area contributed by atoms with Gasteiger partial charge < -0.3 is 14.4 Å². The highest BCUT2D eigenvalue weighted by atomic mass is 32.2. The van der Waals surface area contributed by atoms with Gasteiger partial charge in [0.1, 0.15) is 23.4 Å². The molecular weight excluding hydrogens is 506 g/mol. The Kier molecular flexibility index (Phi) is 8.20. The van der Waals surface area contributed by atoms with Gasteiger partial charge in [-0.05, 0) is 52.7 Å². The molecule has 37 heavy (non-hydrogen) atoms. The highest BCUT2D eigenvalue weighted by Crippen LogP contribution is 2.32. The van der Waals surface area contributed by atoms with Crippen molar-refractivity contribution in [2.45, 2.75) is 70.5 Å². The highest BCUT2D eigenvalue weighted by molar-refractivity contribution is 7.89. The zero-order valence-corrected chi connectivity index (χ0v) is 22.4. The molecule has 9 nitrogen and oxygen atoms in total. The molecule has 2 fully saturated rings. The summed E-state index contributed by atoms with van der Waals surface area (Å²) in [6.07, 6.45) is 3.32. The monoisotopic (exact) mass is 540 g/mol. The van der Waals surface area contributed by atoms with Crippen LogP contribution in [-0.4, -0.2) is 72.2 Å². The first-order valence-corrected chi connectivity index (χ1v) is 14.1. The van der Waals surface area contributed by atoms with E-state index in [1.165, 1.54) is 10.5 Å². The van der Waals surface area contributed by atoms with Crippen LogP contribution in [0.25, 0.3) is 5.69 Å². The predicted molar refractivity (Wildman–Crippen MR) is 136 cm³/mol. The van der Waals surface area contributed by atoms with Crippen molar-refractivity contribution >= 4 is 15.7 Å². The van der Waals surface area contributed by atoms with E-state index in [1.54, 1.807) is 13.8 Å². The Hall–Kier alpha value is -2.57. The van der Waals surface area contributed by atoms with E-state index in [9.17, 15) is 22.0 Å². The Balaban J connectivity index is 1.65. The average Bonchev–Trinajstić information content (AvgIpc) is 3.25. The molecule has 1 saturated heterocycles. The molecule has 0 N–H and O–H groups in total. The smallest absolute Gasteiger partial charge is 0.316 e. The Bertz CT molecular complexity index is 1260. The lowest BCUT2D eigenvalue weighted by molar-refractivity contribution is 0.00677. The largest absolute Gasteiger partial charge is 0.483 e. The average molecular weight is 541 g/mol. The standard InChI is InChI=1S/C25H34F2N4O5S/c1-16(2)35-21-5-6-22(14-21)36-24-23(29-7-9-30(10-8-29)37(33,34)17(3)4)15-28-31(25(24)32)20-12-18(26)11-19(27)13-20/h11-13,15-17,21-22H,5-10,14H2,1-4H3. The van der Waals surface area contributed by atoms with Crippen molar-refractivity contribution in [3.05, 3.63) is 46.4 Å². The van der Waals surface area contributed by atoms with Crippen molar-refractivity contribution in [3.8, 4) is 11.4 Å². The van der Waals surface area contributed by atoms with Crippen LogP contribution in [0, 0.1) is 11.6 Å². The molecule has 2 heterocycles. The first-order valence-electron chi connectivity index (χ1n) is 12.6. The molecule has 1 aromatic carbocycles. The Morgan fingerprint density at radius 3 is 2.19 bits per heavy atom. The summed E-state index contributed by atoms with van der Waals surface area (Å²) in [5, 5.41) is 3.65. The number of sulfonamides is 1. The van der Waals surface area contributed by atoms with Crippen molar-refractivity contribution in [1.29, 1.82) is 0 Å². The van der Waals surface area contributed by atoms with Crippen LogP contribution in [0.5, 0.6) is 5.75 Å². The molecule has 1 saturated carbocycles. The third-order valence-corrected chi connectivity index (χ3v) is 8.90. The van der Waals surface area contributed by atoms with Crippen molar-refractivity contribution in [2.24, 2.45) is 0 Å². The normalized spacial score (nSPS) is 21.2. The predicted octanol–water partition coefficient (Wildman–Crippen LogP) is 3.10. The van der Waals surface area contributed by atoms with Crippen LogP contribution in [0.2, 0.25) is 0 Å². The van der Waals surface area contributed by atoms with Gasteiger partial charge in [0.25, 0.3) is 0 Å². The van der Waals surface area contributed by atoms with E-state index in [4.69, 9.17) is 9.47 Å². The zero-order valence-electron chi connectivity index (χ0n) is 21.6. The maximum atomic E-state index is 13.9.